The van der Waals surface area contributed by atoms with Gasteiger partial charge in [-0.15, -0.1) is 0 Å². The number of carbonyl (C=O) groups is 3. The van der Waals surface area contributed by atoms with Gasteiger partial charge in [0.25, 0.3) is 0 Å². The molecule has 106 valence electrons. The van der Waals surface area contributed by atoms with E-state index < -0.39 is 18.0 Å². The Labute approximate surface area is 116 Å². The van der Waals surface area contributed by atoms with Gasteiger partial charge in [0.15, 0.2) is 5.78 Å². The van der Waals surface area contributed by atoms with Gasteiger partial charge in [-0.25, -0.2) is 9.59 Å². The van der Waals surface area contributed by atoms with Crippen LogP contribution in [0.1, 0.15) is 30.1 Å². The maximum absolute atomic E-state index is 12.0. The number of carbonyl (C=O) groups excluding carboxylic acids is 2. The maximum atomic E-state index is 12.0. The number of likely N-dealkylation sites (tertiary alicyclic amines) is 1. The molecule has 2 N–H and O–H groups in total. The van der Waals surface area contributed by atoms with Crippen LogP contribution in [0.4, 0.5) is 10.5 Å². The van der Waals surface area contributed by atoms with Crippen molar-refractivity contribution in [3.8, 4) is 0 Å². The van der Waals surface area contributed by atoms with Gasteiger partial charge in [-0.05, 0) is 44.0 Å². The van der Waals surface area contributed by atoms with Crippen LogP contribution in [-0.2, 0) is 4.79 Å². The number of ketones is 1. The van der Waals surface area contributed by atoms with Crippen LogP contribution >= 0.6 is 0 Å². The SMILES string of the molecule is CC(=O)c1ccc(NC(=O)N2CCC[C@H]2C(=O)O)cc1. The van der Waals surface area contributed by atoms with Crippen molar-refractivity contribution in [3.63, 3.8) is 0 Å². The predicted molar refractivity (Wildman–Crippen MR) is 72.8 cm³/mol. The molecule has 1 aromatic carbocycles. The molecule has 0 aromatic heterocycles. The molecule has 1 aromatic rings. The van der Waals surface area contributed by atoms with Crippen molar-refractivity contribution in [1.29, 1.82) is 0 Å². The normalized spacial score (nSPS) is 17.9. The van der Waals surface area contributed by atoms with Crippen LogP contribution < -0.4 is 5.32 Å². The number of anilines is 1. The fourth-order valence-electron chi connectivity index (χ4n) is 2.25. The number of rotatable bonds is 3. The highest BCUT2D eigenvalue weighted by Crippen LogP contribution is 2.19. The molecule has 0 unspecified atom stereocenters. The van der Waals surface area contributed by atoms with Crippen molar-refractivity contribution < 1.29 is 19.5 Å². The number of nitrogens with zero attached hydrogens (tertiary/aromatic N) is 1. The quantitative estimate of drug-likeness (QED) is 0.826. The molecule has 1 fully saturated rings. The summed E-state index contributed by atoms with van der Waals surface area (Å²) in [5.74, 6) is -1.03. The zero-order valence-electron chi connectivity index (χ0n) is 11.1. The number of Topliss-reactive ketones (excluding diaryl/α,β-unsaturated/α-hetero) is 1. The first-order valence-electron chi connectivity index (χ1n) is 6.40. The molecule has 1 aliphatic heterocycles. The number of aliphatic carboxylic acids is 1. The third kappa shape index (κ3) is 2.96. The number of carboxylic acid groups (broad SMARTS) is 1. The molecule has 0 saturated carbocycles. The van der Waals surface area contributed by atoms with Gasteiger partial charge in [-0.2, -0.15) is 0 Å². The van der Waals surface area contributed by atoms with Gasteiger partial charge >= 0.3 is 12.0 Å². The molecule has 2 rings (SSSR count). The van der Waals surface area contributed by atoms with E-state index >= 15 is 0 Å². The van der Waals surface area contributed by atoms with Crippen LogP contribution in [-0.4, -0.2) is 40.4 Å². The lowest BCUT2D eigenvalue weighted by Gasteiger charge is -2.21. The highest BCUT2D eigenvalue weighted by Gasteiger charge is 2.33. The molecule has 1 saturated heterocycles. The largest absolute Gasteiger partial charge is 0.480 e. The maximum Gasteiger partial charge on any atom is 0.326 e. The minimum absolute atomic E-state index is 0.0478. The summed E-state index contributed by atoms with van der Waals surface area (Å²) in [4.78, 5) is 35.5. The first kappa shape index (κ1) is 14.0. The second kappa shape index (κ2) is 5.73. The van der Waals surface area contributed by atoms with Crippen LogP contribution in [0, 0.1) is 0 Å². The van der Waals surface area contributed by atoms with Crippen LogP contribution in [0.5, 0.6) is 0 Å². The molecule has 20 heavy (non-hydrogen) atoms. The molecule has 1 aliphatic rings. The van der Waals surface area contributed by atoms with E-state index in [-0.39, 0.29) is 5.78 Å². The second-order valence-electron chi connectivity index (χ2n) is 4.75. The standard InChI is InChI=1S/C14H16N2O4/c1-9(17)10-4-6-11(7-5-10)15-14(20)16-8-2-3-12(16)13(18)19/h4-7,12H,2-3,8H2,1H3,(H,15,20)(H,18,19)/t12-/m0/s1. The minimum Gasteiger partial charge on any atom is -0.480 e. The van der Waals surface area contributed by atoms with Gasteiger partial charge in [0, 0.05) is 17.8 Å². The van der Waals surface area contributed by atoms with Gasteiger partial charge in [-0.1, -0.05) is 0 Å². The summed E-state index contributed by atoms with van der Waals surface area (Å²) in [7, 11) is 0. The lowest BCUT2D eigenvalue weighted by atomic mass is 10.1. The first-order valence-corrected chi connectivity index (χ1v) is 6.40. The summed E-state index contributed by atoms with van der Waals surface area (Å²) in [5.41, 5.74) is 1.10. The van der Waals surface area contributed by atoms with Crippen molar-refractivity contribution in [2.45, 2.75) is 25.8 Å². The predicted octanol–water partition coefficient (Wildman–Crippen LogP) is 1.97. The van der Waals surface area contributed by atoms with E-state index in [1.165, 1.54) is 11.8 Å². The van der Waals surface area contributed by atoms with Crippen molar-refractivity contribution >= 4 is 23.5 Å². The number of hydrogen-bond donors (Lipinski definition) is 2. The topological polar surface area (TPSA) is 86.7 Å². The Morgan fingerprint density at radius 3 is 2.45 bits per heavy atom. The number of hydrogen-bond acceptors (Lipinski definition) is 3. The summed E-state index contributed by atoms with van der Waals surface area (Å²) in [6, 6.07) is 5.31. The monoisotopic (exact) mass is 276 g/mol. The molecule has 0 spiro atoms. The van der Waals surface area contributed by atoms with E-state index in [9.17, 15) is 14.4 Å². The molecule has 1 atom stereocenters. The molecular formula is C14H16N2O4. The fourth-order valence-corrected chi connectivity index (χ4v) is 2.25. The van der Waals surface area contributed by atoms with Gasteiger partial charge in [-0.3, -0.25) is 4.79 Å². The molecule has 2 amide bonds. The van der Waals surface area contributed by atoms with Gasteiger partial charge < -0.3 is 15.3 Å². The van der Waals surface area contributed by atoms with Crippen molar-refractivity contribution in [2.75, 3.05) is 11.9 Å². The Bertz CT molecular complexity index is 539. The van der Waals surface area contributed by atoms with E-state index in [1.54, 1.807) is 24.3 Å². The van der Waals surface area contributed by atoms with E-state index in [4.69, 9.17) is 5.11 Å². The fraction of sp³-hybridized carbons (Fsp3) is 0.357. The Kier molecular flexibility index (Phi) is 4.02. The molecule has 0 radical (unpaired) electrons. The smallest absolute Gasteiger partial charge is 0.326 e. The molecule has 1 heterocycles. The number of benzene rings is 1. The summed E-state index contributed by atoms with van der Waals surface area (Å²) in [6.45, 7) is 1.91. The number of urea groups is 1. The van der Waals surface area contributed by atoms with Crippen LogP contribution in [0.3, 0.4) is 0 Å². The Balaban J connectivity index is 2.04. The third-order valence-corrected chi connectivity index (χ3v) is 3.34. The van der Waals surface area contributed by atoms with Gasteiger partial charge in [0.05, 0.1) is 0 Å². The molecule has 6 heteroatoms. The average Bonchev–Trinajstić information content (AvgIpc) is 2.88. The molecular weight excluding hydrogens is 260 g/mol. The van der Waals surface area contributed by atoms with E-state index in [1.807, 2.05) is 0 Å². The van der Waals surface area contributed by atoms with E-state index in [2.05, 4.69) is 5.32 Å². The number of nitrogens with one attached hydrogen (secondary N) is 1. The van der Waals surface area contributed by atoms with Crippen molar-refractivity contribution in [1.82, 2.24) is 4.90 Å². The Morgan fingerprint density at radius 2 is 1.90 bits per heavy atom. The summed E-state index contributed by atoms with van der Waals surface area (Å²) < 4.78 is 0. The number of amides is 2. The lowest BCUT2D eigenvalue weighted by Crippen LogP contribution is -2.42. The van der Waals surface area contributed by atoms with Crippen molar-refractivity contribution in [2.24, 2.45) is 0 Å². The van der Waals surface area contributed by atoms with Gasteiger partial charge in [0.1, 0.15) is 6.04 Å². The first-order chi connectivity index (χ1) is 9.49. The summed E-state index contributed by atoms with van der Waals surface area (Å²) in [6.07, 6.45) is 1.17. The average molecular weight is 276 g/mol. The molecule has 6 nitrogen and oxygen atoms in total. The summed E-state index contributed by atoms with van der Waals surface area (Å²) in [5, 5.41) is 11.7. The third-order valence-electron chi connectivity index (χ3n) is 3.34. The van der Waals surface area contributed by atoms with Gasteiger partial charge in [0.2, 0.25) is 0 Å². The highest BCUT2D eigenvalue weighted by atomic mass is 16.4. The van der Waals surface area contributed by atoms with Crippen LogP contribution in [0.2, 0.25) is 0 Å². The zero-order chi connectivity index (χ0) is 14.7. The zero-order valence-corrected chi connectivity index (χ0v) is 11.1. The lowest BCUT2D eigenvalue weighted by molar-refractivity contribution is -0.141. The Morgan fingerprint density at radius 1 is 1.25 bits per heavy atom. The highest BCUT2D eigenvalue weighted by molar-refractivity contribution is 5.96. The van der Waals surface area contributed by atoms with Crippen LogP contribution in [0.25, 0.3) is 0 Å². The number of carboxylic acids is 1. The minimum atomic E-state index is -0.982. The van der Waals surface area contributed by atoms with Crippen molar-refractivity contribution in [3.05, 3.63) is 29.8 Å². The van der Waals surface area contributed by atoms with Crippen LogP contribution in [0.15, 0.2) is 24.3 Å². The molecule has 0 aliphatic carbocycles. The van der Waals surface area contributed by atoms with E-state index in [0.29, 0.717) is 30.6 Å². The molecule has 0 bridgehead atoms. The second-order valence-corrected chi connectivity index (χ2v) is 4.75. The van der Waals surface area contributed by atoms with E-state index in [0.717, 1.165) is 0 Å². The summed E-state index contributed by atoms with van der Waals surface area (Å²) >= 11 is 0. The Hall–Kier alpha value is -2.37.